The fourth-order valence-corrected chi connectivity index (χ4v) is 1.39. The Bertz CT molecular complexity index is 400. The van der Waals surface area contributed by atoms with Crippen LogP contribution < -0.4 is 0 Å². The van der Waals surface area contributed by atoms with E-state index in [1.54, 1.807) is 19.1 Å². The lowest BCUT2D eigenvalue weighted by Crippen LogP contribution is -2.21. The van der Waals surface area contributed by atoms with Gasteiger partial charge in [0.15, 0.2) is 5.57 Å². The van der Waals surface area contributed by atoms with E-state index in [0.29, 0.717) is 12.2 Å². The molecule has 4 nitrogen and oxygen atoms in total. The molecule has 0 bridgehead atoms. The van der Waals surface area contributed by atoms with Crippen molar-refractivity contribution in [2.75, 3.05) is 13.2 Å². The molecule has 0 radical (unpaired) electrons. The van der Waals surface area contributed by atoms with Gasteiger partial charge in [-0.3, -0.25) is 0 Å². The highest BCUT2D eigenvalue weighted by Crippen LogP contribution is 2.17. The molecule has 0 fully saturated rings. The van der Waals surface area contributed by atoms with Crippen molar-refractivity contribution < 1.29 is 9.53 Å². The summed E-state index contributed by atoms with van der Waals surface area (Å²) in [6.07, 6.45) is 7.20. The first-order chi connectivity index (χ1) is 7.74. The summed E-state index contributed by atoms with van der Waals surface area (Å²) in [5.41, 5.74) is 0.634. The zero-order valence-corrected chi connectivity index (χ0v) is 9.43. The third-order valence-corrected chi connectivity index (χ3v) is 2.13. The molecule has 0 spiro atoms. The molecule has 1 aliphatic rings. The smallest absolute Gasteiger partial charge is 0.351 e. The summed E-state index contributed by atoms with van der Waals surface area (Å²) in [6, 6.07) is 1.90. The summed E-state index contributed by atoms with van der Waals surface area (Å²) >= 11 is 0. The first-order valence-electron chi connectivity index (χ1n) is 5.17. The molecule has 1 aliphatic heterocycles. The first kappa shape index (κ1) is 12.1. The standard InChI is InChI=1S/C12H14N2O2/c1-3-14-8-6-5-7-11(14)10(9-13)12(15)16-4-2/h5-8H,3-4H2,1-2H3/b11-10-. The predicted octanol–water partition coefficient (Wildman–Crippen LogP) is 1.73. The maximum absolute atomic E-state index is 11.5. The highest BCUT2D eigenvalue weighted by atomic mass is 16.5. The molecule has 0 aromatic rings. The van der Waals surface area contributed by atoms with E-state index in [4.69, 9.17) is 10.00 Å². The molecule has 0 saturated heterocycles. The zero-order chi connectivity index (χ0) is 12.0. The van der Waals surface area contributed by atoms with Crippen molar-refractivity contribution in [2.24, 2.45) is 0 Å². The number of allylic oxidation sites excluding steroid dienone is 3. The SMILES string of the molecule is CCOC(=O)/C(C#N)=C1/C=CC=CN1CC. The van der Waals surface area contributed by atoms with Gasteiger partial charge in [0.25, 0.3) is 0 Å². The fourth-order valence-electron chi connectivity index (χ4n) is 1.39. The third kappa shape index (κ3) is 2.51. The number of likely N-dealkylation sites (N-methyl/N-ethyl adjacent to an activating group) is 1. The highest BCUT2D eigenvalue weighted by Gasteiger charge is 2.18. The van der Waals surface area contributed by atoms with Gasteiger partial charge in [-0.1, -0.05) is 6.08 Å². The summed E-state index contributed by atoms with van der Waals surface area (Å²) in [4.78, 5) is 13.4. The number of carbonyl (C=O) groups is 1. The molecule has 0 aromatic heterocycles. The van der Waals surface area contributed by atoms with Crippen LogP contribution in [0.2, 0.25) is 0 Å². The van der Waals surface area contributed by atoms with Gasteiger partial charge < -0.3 is 9.64 Å². The maximum Gasteiger partial charge on any atom is 0.351 e. The van der Waals surface area contributed by atoms with Gasteiger partial charge in [-0.2, -0.15) is 5.26 Å². The summed E-state index contributed by atoms with van der Waals surface area (Å²) < 4.78 is 4.84. The second-order valence-corrected chi connectivity index (χ2v) is 3.08. The molecule has 0 amide bonds. The van der Waals surface area contributed by atoms with Crippen LogP contribution in [0, 0.1) is 11.3 Å². The summed E-state index contributed by atoms with van der Waals surface area (Å²) in [6.45, 7) is 4.62. The lowest BCUT2D eigenvalue weighted by molar-refractivity contribution is -0.138. The Labute approximate surface area is 95.1 Å². The average Bonchev–Trinajstić information content (AvgIpc) is 2.31. The highest BCUT2D eigenvalue weighted by molar-refractivity contribution is 5.94. The second-order valence-electron chi connectivity index (χ2n) is 3.08. The molecule has 84 valence electrons. The number of hydrogen-bond donors (Lipinski definition) is 0. The number of esters is 1. The van der Waals surface area contributed by atoms with Crippen LogP contribution in [0.1, 0.15) is 13.8 Å². The summed E-state index contributed by atoms with van der Waals surface area (Å²) in [7, 11) is 0. The maximum atomic E-state index is 11.5. The van der Waals surface area contributed by atoms with Crippen molar-refractivity contribution in [1.82, 2.24) is 4.90 Å². The Kier molecular flexibility index (Phi) is 4.34. The summed E-state index contributed by atoms with van der Waals surface area (Å²) in [5.74, 6) is -0.571. The Hall–Kier alpha value is -2.02. The predicted molar refractivity (Wildman–Crippen MR) is 59.9 cm³/mol. The van der Waals surface area contributed by atoms with Crippen LogP contribution in [-0.4, -0.2) is 24.0 Å². The van der Waals surface area contributed by atoms with E-state index in [1.807, 2.05) is 30.2 Å². The number of rotatable bonds is 3. The van der Waals surface area contributed by atoms with Crippen LogP contribution in [0.5, 0.6) is 0 Å². The molecule has 0 unspecified atom stereocenters. The van der Waals surface area contributed by atoms with Crippen LogP contribution in [-0.2, 0) is 9.53 Å². The normalized spacial score (nSPS) is 16.9. The third-order valence-electron chi connectivity index (χ3n) is 2.13. The molecular weight excluding hydrogens is 204 g/mol. The van der Waals surface area contributed by atoms with Crippen molar-refractivity contribution in [2.45, 2.75) is 13.8 Å². The van der Waals surface area contributed by atoms with Crippen molar-refractivity contribution in [3.8, 4) is 6.07 Å². The minimum Gasteiger partial charge on any atom is -0.462 e. The lowest BCUT2D eigenvalue weighted by atomic mass is 10.1. The number of nitrogens with zero attached hydrogens (tertiary/aromatic N) is 2. The van der Waals surface area contributed by atoms with Crippen LogP contribution >= 0.6 is 0 Å². The molecule has 0 N–H and O–H groups in total. The molecule has 16 heavy (non-hydrogen) atoms. The van der Waals surface area contributed by atoms with Gasteiger partial charge in [0.05, 0.1) is 12.3 Å². The first-order valence-corrected chi connectivity index (χ1v) is 5.17. The monoisotopic (exact) mass is 218 g/mol. The van der Waals surface area contributed by atoms with E-state index in [9.17, 15) is 4.79 Å². The van der Waals surface area contributed by atoms with Gasteiger partial charge in [0.2, 0.25) is 0 Å². The molecule has 4 heteroatoms. The Balaban J connectivity index is 3.08. The zero-order valence-electron chi connectivity index (χ0n) is 9.43. The van der Waals surface area contributed by atoms with Crippen LogP contribution in [0.25, 0.3) is 0 Å². The van der Waals surface area contributed by atoms with Crippen LogP contribution in [0.4, 0.5) is 0 Å². The molecule has 1 heterocycles. The quantitative estimate of drug-likeness (QED) is 0.411. The minimum atomic E-state index is -0.571. The largest absolute Gasteiger partial charge is 0.462 e. The van der Waals surface area contributed by atoms with E-state index < -0.39 is 5.97 Å². The Morgan fingerprint density at radius 3 is 2.81 bits per heavy atom. The van der Waals surface area contributed by atoms with E-state index in [0.717, 1.165) is 0 Å². The number of nitriles is 1. The molecule has 0 atom stereocenters. The van der Waals surface area contributed by atoms with Crippen molar-refractivity contribution >= 4 is 5.97 Å². The van der Waals surface area contributed by atoms with E-state index in [-0.39, 0.29) is 12.2 Å². The Morgan fingerprint density at radius 2 is 2.25 bits per heavy atom. The lowest BCUT2D eigenvalue weighted by Gasteiger charge is -2.22. The topological polar surface area (TPSA) is 53.3 Å². The number of hydrogen-bond acceptors (Lipinski definition) is 4. The molecule has 0 aromatic carbocycles. The van der Waals surface area contributed by atoms with Gasteiger partial charge in [-0.05, 0) is 26.0 Å². The molecule has 0 saturated carbocycles. The van der Waals surface area contributed by atoms with E-state index in [2.05, 4.69) is 0 Å². The number of carbonyl (C=O) groups excluding carboxylic acids is 1. The van der Waals surface area contributed by atoms with Gasteiger partial charge in [-0.25, -0.2) is 4.79 Å². The Morgan fingerprint density at radius 1 is 1.50 bits per heavy atom. The van der Waals surface area contributed by atoms with Crippen molar-refractivity contribution in [1.29, 1.82) is 5.26 Å². The van der Waals surface area contributed by atoms with Crippen LogP contribution in [0.3, 0.4) is 0 Å². The average molecular weight is 218 g/mol. The van der Waals surface area contributed by atoms with E-state index in [1.165, 1.54) is 0 Å². The van der Waals surface area contributed by atoms with Gasteiger partial charge in [0.1, 0.15) is 6.07 Å². The van der Waals surface area contributed by atoms with Gasteiger partial charge >= 0.3 is 5.97 Å². The van der Waals surface area contributed by atoms with Crippen molar-refractivity contribution in [3.63, 3.8) is 0 Å². The molecule has 0 aliphatic carbocycles. The fraction of sp³-hybridized carbons (Fsp3) is 0.333. The second kappa shape index (κ2) is 5.76. The summed E-state index contributed by atoms with van der Waals surface area (Å²) in [5, 5.41) is 9.00. The molecular formula is C12H14N2O2. The molecule has 1 rings (SSSR count). The van der Waals surface area contributed by atoms with E-state index >= 15 is 0 Å². The van der Waals surface area contributed by atoms with Gasteiger partial charge in [-0.15, -0.1) is 0 Å². The van der Waals surface area contributed by atoms with Crippen LogP contribution in [0.15, 0.2) is 35.7 Å². The van der Waals surface area contributed by atoms with Crippen molar-refractivity contribution in [3.05, 3.63) is 35.7 Å². The van der Waals surface area contributed by atoms with Gasteiger partial charge in [0, 0.05) is 12.7 Å². The number of ether oxygens (including phenoxy) is 1. The minimum absolute atomic E-state index is 0.0456.